The van der Waals surface area contributed by atoms with Gasteiger partial charge in [-0.15, -0.1) is 0 Å². The number of likely N-dealkylation sites (tertiary alicyclic amines) is 1. The van der Waals surface area contributed by atoms with Crippen LogP contribution >= 0.6 is 0 Å². The SMILES string of the molecule is CCn1c(=O)oc2cc(NC(=O)CN3CCCCC[C@@H]4N[C@H](Cc5ccccc5)C[C@@]43C)ccc21. The van der Waals surface area contributed by atoms with Crippen LogP contribution in [0.2, 0.25) is 0 Å². The molecule has 0 aliphatic carbocycles. The third-order valence-electron chi connectivity index (χ3n) is 7.92. The van der Waals surface area contributed by atoms with E-state index in [1.165, 1.54) is 18.4 Å². The highest BCUT2D eigenvalue weighted by atomic mass is 16.4. The van der Waals surface area contributed by atoms with Gasteiger partial charge < -0.3 is 15.1 Å². The predicted octanol–water partition coefficient (Wildman–Crippen LogP) is 4.16. The normalized spacial score (nSPS) is 25.2. The highest BCUT2D eigenvalue weighted by Crippen LogP contribution is 2.37. The number of benzene rings is 2. The van der Waals surface area contributed by atoms with Crippen LogP contribution in [0.15, 0.2) is 57.7 Å². The molecule has 2 aliphatic heterocycles. The van der Waals surface area contributed by atoms with Gasteiger partial charge in [0, 0.05) is 35.9 Å². The Morgan fingerprint density at radius 3 is 2.80 bits per heavy atom. The van der Waals surface area contributed by atoms with Crippen molar-refractivity contribution in [3.05, 3.63) is 64.6 Å². The van der Waals surface area contributed by atoms with Crippen molar-refractivity contribution in [2.24, 2.45) is 0 Å². The number of hydrogen-bond donors (Lipinski definition) is 2. The van der Waals surface area contributed by atoms with E-state index in [-0.39, 0.29) is 17.2 Å². The summed E-state index contributed by atoms with van der Waals surface area (Å²) >= 11 is 0. The third kappa shape index (κ3) is 4.93. The van der Waals surface area contributed by atoms with Crippen molar-refractivity contribution in [3.8, 4) is 0 Å². The second-order valence-corrected chi connectivity index (χ2v) is 10.3. The van der Waals surface area contributed by atoms with Gasteiger partial charge in [-0.1, -0.05) is 43.2 Å². The fourth-order valence-corrected chi connectivity index (χ4v) is 6.10. The van der Waals surface area contributed by atoms with Gasteiger partial charge in [0.05, 0.1) is 12.1 Å². The molecule has 186 valence electrons. The molecule has 2 aromatic carbocycles. The Balaban J connectivity index is 1.30. The van der Waals surface area contributed by atoms with E-state index in [0.717, 1.165) is 37.7 Å². The second kappa shape index (κ2) is 9.99. The lowest BCUT2D eigenvalue weighted by molar-refractivity contribution is -0.119. The first-order chi connectivity index (χ1) is 17.0. The molecule has 0 saturated carbocycles. The average molecular weight is 477 g/mol. The molecule has 3 atom stereocenters. The molecule has 0 unspecified atom stereocenters. The molecule has 35 heavy (non-hydrogen) atoms. The maximum atomic E-state index is 13.2. The zero-order valence-electron chi connectivity index (χ0n) is 20.8. The summed E-state index contributed by atoms with van der Waals surface area (Å²) in [6.07, 6.45) is 6.72. The summed E-state index contributed by atoms with van der Waals surface area (Å²) < 4.78 is 6.95. The molecule has 0 spiro atoms. The van der Waals surface area contributed by atoms with Crippen LogP contribution in [0.4, 0.5) is 5.69 Å². The lowest BCUT2D eigenvalue weighted by atomic mass is 9.84. The predicted molar refractivity (Wildman–Crippen MR) is 139 cm³/mol. The molecule has 7 heteroatoms. The van der Waals surface area contributed by atoms with Crippen molar-refractivity contribution in [2.45, 2.75) is 76.5 Å². The molecule has 3 heterocycles. The van der Waals surface area contributed by atoms with Gasteiger partial charge >= 0.3 is 5.76 Å². The number of amides is 1. The number of nitrogens with zero attached hydrogens (tertiary/aromatic N) is 2. The second-order valence-electron chi connectivity index (χ2n) is 10.3. The number of carbonyl (C=O) groups excluding carboxylic acids is 1. The highest BCUT2D eigenvalue weighted by Gasteiger charge is 2.47. The lowest BCUT2D eigenvalue weighted by Gasteiger charge is -2.43. The van der Waals surface area contributed by atoms with Gasteiger partial charge in [-0.05, 0) is 63.8 Å². The maximum Gasteiger partial charge on any atom is 0.419 e. The van der Waals surface area contributed by atoms with Crippen LogP contribution < -0.4 is 16.4 Å². The van der Waals surface area contributed by atoms with E-state index in [2.05, 4.69) is 52.8 Å². The number of nitrogens with one attached hydrogen (secondary N) is 2. The quantitative estimate of drug-likeness (QED) is 0.559. The molecule has 0 bridgehead atoms. The van der Waals surface area contributed by atoms with Gasteiger partial charge in [0.25, 0.3) is 0 Å². The van der Waals surface area contributed by atoms with Crippen molar-refractivity contribution in [3.63, 3.8) is 0 Å². The fourth-order valence-electron chi connectivity index (χ4n) is 6.10. The largest absolute Gasteiger partial charge is 0.419 e. The summed E-state index contributed by atoms with van der Waals surface area (Å²) in [5.74, 6) is -0.405. The van der Waals surface area contributed by atoms with Crippen molar-refractivity contribution in [1.82, 2.24) is 14.8 Å². The zero-order valence-corrected chi connectivity index (χ0v) is 20.8. The van der Waals surface area contributed by atoms with Gasteiger partial charge in [-0.3, -0.25) is 14.3 Å². The smallest absolute Gasteiger partial charge is 0.408 e. The summed E-state index contributed by atoms with van der Waals surface area (Å²) in [5, 5.41) is 6.96. The molecule has 1 amide bonds. The van der Waals surface area contributed by atoms with E-state index in [4.69, 9.17) is 4.42 Å². The highest BCUT2D eigenvalue weighted by molar-refractivity contribution is 5.94. The first kappa shape index (κ1) is 23.8. The van der Waals surface area contributed by atoms with E-state index in [1.54, 1.807) is 10.6 Å². The minimum Gasteiger partial charge on any atom is -0.408 e. The molecule has 0 radical (unpaired) electrons. The first-order valence-electron chi connectivity index (χ1n) is 12.9. The molecule has 2 saturated heterocycles. The van der Waals surface area contributed by atoms with E-state index >= 15 is 0 Å². The van der Waals surface area contributed by atoms with Crippen LogP contribution in [0.25, 0.3) is 11.1 Å². The number of anilines is 1. The van der Waals surface area contributed by atoms with Crippen LogP contribution in [-0.2, 0) is 17.8 Å². The van der Waals surface area contributed by atoms with Crippen LogP contribution in [-0.4, -0.2) is 46.1 Å². The van der Waals surface area contributed by atoms with Gasteiger partial charge in [0.15, 0.2) is 5.58 Å². The fraction of sp³-hybridized carbons (Fsp3) is 0.500. The molecule has 5 rings (SSSR count). The van der Waals surface area contributed by atoms with Crippen LogP contribution in [0.3, 0.4) is 0 Å². The molecule has 2 fully saturated rings. The Bertz CT molecular complexity index is 1230. The monoisotopic (exact) mass is 476 g/mol. The van der Waals surface area contributed by atoms with Gasteiger partial charge in [0.1, 0.15) is 0 Å². The number of hydrogen-bond acceptors (Lipinski definition) is 5. The van der Waals surface area contributed by atoms with E-state index < -0.39 is 0 Å². The number of rotatable bonds is 6. The minimum atomic E-state index is -0.371. The average Bonchev–Trinajstić information content (AvgIpc) is 3.32. The third-order valence-corrected chi connectivity index (χ3v) is 7.92. The van der Waals surface area contributed by atoms with Crippen LogP contribution in [0.5, 0.6) is 0 Å². The first-order valence-corrected chi connectivity index (χ1v) is 12.9. The van der Waals surface area contributed by atoms with Crippen LogP contribution in [0.1, 0.15) is 51.5 Å². The molecule has 3 aromatic rings. The zero-order chi connectivity index (χ0) is 24.4. The topological polar surface area (TPSA) is 79.5 Å². The number of oxazole rings is 1. The maximum absolute atomic E-state index is 13.2. The van der Waals surface area contributed by atoms with Crippen molar-refractivity contribution >= 4 is 22.7 Å². The van der Waals surface area contributed by atoms with E-state index in [0.29, 0.717) is 36.4 Å². The molecule has 2 aliphatic rings. The van der Waals surface area contributed by atoms with Gasteiger partial charge in [-0.2, -0.15) is 0 Å². The van der Waals surface area contributed by atoms with Crippen molar-refractivity contribution < 1.29 is 9.21 Å². The number of fused-ring (bicyclic) bond motifs is 2. The van der Waals surface area contributed by atoms with Gasteiger partial charge in [0.2, 0.25) is 5.91 Å². The molecule has 7 nitrogen and oxygen atoms in total. The van der Waals surface area contributed by atoms with E-state index in [9.17, 15) is 9.59 Å². The molecule has 2 N–H and O–H groups in total. The molecule has 1 aromatic heterocycles. The summed E-state index contributed by atoms with van der Waals surface area (Å²) in [6.45, 7) is 6.07. The number of carbonyl (C=O) groups is 1. The summed E-state index contributed by atoms with van der Waals surface area (Å²) in [5.41, 5.74) is 3.19. The molecular formula is C28H36N4O3. The standard InChI is InChI=1S/C28H36N4O3/c1-3-32-23-14-13-21(17-24(23)35-27(32)34)30-26(33)19-31-15-9-5-8-12-25-28(31,2)18-22(29-25)16-20-10-6-4-7-11-20/h4,6-7,10-11,13-14,17,22,25,29H,3,5,8-9,12,15-16,18-19H2,1-2H3,(H,30,33)/t22-,25+,28+/m1/s1. The van der Waals surface area contributed by atoms with Crippen molar-refractivity contribution in [1.29, 1.82) is 0 Å². The minimum absolute atomic E-state index is 0.0336. The van der Waals surface area contributed by atoms with E-state index in [1.807, 2.05) is 19.1 Å². The Kier molecular flexibility index (Phi) is 6.80. The summed E-state index contributed by atoms with van der Waals surface area (Å²) in [6, 6.07) is 16.9. The lowest BCUT2D eigenvalue weighted by Crippen LogP contribution is -2.57. The van der Waals surface area contributed by atoms with Gasteiger partial charge in [-0.25, -0.2) is 4.79 Å². The Labute approximate surface area is 206 Å². The summed E-state index contributed by atoms with van der Waals surface area (Å²) in [4.78, 5) is 27.6. The number of aryl methyl sites for hydroxylation is 1. The molecular weight excluding hydrogens is 440 g/mol. The van der Waals surface area contributed by atoms with Crippen molar-refractivity contribution in [2.75, 3.05) is 18.4 Å². The Hall–Kier alpha value is -2.90. The summed E-state index contributed by atoms with van der Waals surface area (Å²) in [7, 11) is 0. The van der Waals surface area contributed by atoms with Crippen LogP contribution in [0, 0.1) is 0 Å². The number of aromatic nitrogens is 1. The Morgan fingerprint density at radius 1 is 1.17 bits per heavy atom. The Morgan fingerprint density at radius 2 is 2.00 bits per heavy atom.